The Labute approximate surface area is 228 Å². The van der Waals surface area contributed by atoms with Gasteiger partial charge in [0.2, 0.25) is 7.29 Å². The fraction of sp³-hybridized carbons (Fsp3) is 0. The minimum absolute atomic E-state index is 0.814. The number of aromatic nitrogens is 1. The summed E-state index contributed by atoms with van der Waals surface area (Å²) in [4.78, 5) is 0. The van der Waals surface area contributed by atoms with Crippen LogP contribution in [-0.2, 0) is 4.57 Å². The third-order valence-corrected chi connectivity index (χ3v) is 10.4. The van der Waals surface area contributed by atoms with E-state index in [-0.39, 0.29) is 0 Å². The van der Waals surface area contributed by atoms with E-state index in [2.05, 4.69) is 89.3 Å². The first-order chi connectivity index (χ1) is 19.2. The van der Waals surface area contributed by atoms with Gasteiger partial charge >= 0.3 is 0 Å². The van der Waals surface area contributed by atoms with Crippen LogP contribution in [0.25, 0.3) is 44.1 Å². The lowest BCUT2D eigenvalue weighted by Gasteiger charge is -2.23. The van der Waals surface area contributed by atoms with E-state index in [0.717, 1.165) is 54.7 Å². The van der Waals surface area contributed by atoms with Crippen molar-refractivity contribution >= 4 is 39.7 Å². The van der Waals surface area contributed by atoms with Crippen molar-refractivity contribution < 1.29 is 4.57 Å². The van der Waals surface area contributed by atoms with Crippen molar-refractivity contribution in [2.45, 2.75) is 0 Å². The third-order valence-electron chi connectivity index (χ3n) is 7.45. The van der Waals surface area contributed by atoms with Gasteiger partial charge in [-0.1, -0.05) is 109 Å². The van der Waals surface area contributed by atoms with E-state index in [4.69, 9.17) is 0 Å². The number of fused-ring (bicyclic) bond motifs is 3. The molecule has 0 aliphatic carbocycles. The van der Waals surface area contributed by atoms with E-state index in [1.54, 1.807) is 0 Å². The molecule has 0 spiro atoms. The van der Waals surface area contributed by atoms with E-state index < -0.39 is 7.29 Å². The molecule has 0 N–H and O–H groups in total. The molecule has 2 nitrogen and oxygen atoms in total. The van der Waals surface area contributed by atoms with Crippen LogP contribution < -0.4 is 10.6 Å². The highest BCUT2D eigenvalue weighted by atomic mass is 31.2. The first-order valence-corrected chi connectivity index (χ1v) is 14.8. The molecule has 0 bridgehead atoms. The molecule has 0 amide bonds. The maximum atomic E-state index is 15.6. The molecule has 0 saturated carbocycles. The summed E-state index contributed by atoms with van der Waals surface area (Å²) in [6, 6.07) is 53.7. The van der Waals surface area contributed by atoms with Crippen LogP contribution in [0.2, 0.25) is 0 Å². The molecule has 0 fully saturated rings. The van der Waals surface area contributed by atoms with Gasteiger partial charge in [0.25, 0.3) is 0 Å². The number of rotatable bonds is 5. The van der Waals surface area contributed by atoms with E-state index in [0.29, 0.717) is 0 Å². The van der Waals surface area contributed by atoms with Gasteiger partial charge in [-0.2, -0.15) is 0 Å². The molecule has 3 heteroatoms. The van der Waals surface area contributed by atoms with Gasteiger partial charge in [0.1, 0.15) is 0 Å². The highest BCUT2D eigenvalue weighted by molar-refractivity contribution is 7.77. The van der Waals surface area contributed by atoms with Gasteiger partial charge in [-0.05, 0) is 70.8 Å². The second-order valence-corrected chi connectivity index (χ2v) is 12.3. The van der Waals surface area contributed by atoms with Crippen molar-refractivity contribution in [1.82, 2.24) is 4.34 Å². The van der Waals surface area contributed by atoms with E-state index in [1.165, 1.54) is 0 Å². The SMILES string of the molecule is O=P(c1ccccc1)(c1ccccc1)n1c2ccc(-c3ccccc3)cc2c2cc(-c3ccccc3)ccc21. The Hall–Kier alpha value is -4.65. The zero-order chi connectivity index (χ0) is 26.2. The molecule has 7 aromatic rings. The first kappa shape index (κ1) is 23.5. The van der Waals surface area contributed by atoms with Crippen molar-refractivity contribution in [1.29, 1.82) is 0 Å². The lowest BCUT2D eigenvalue weighted by Crippen LogP contribution is -2.21. The molecule has 0 aliphatic rings. The summed E-state index contributed by atoms with van der Waals surface area (Å²) in [6.45, 7) is 0. The summed E-state index contributed by atoms with van der Waals surface area (Å²) in [6.07, 6.45) is 0. The predicted octanol–water partition coefficient (Wildman–Crippen LogP) is 8.91. The van der Waals surface area contributed by atoms with Gasteiger partial charge in [-0.15, -0.1) is 0 Å². The van der Waals surface area contributed by atoms with Crippen LogP contribution in [0.5, 0.6) is 0 Å². The normalized spacial score (nSPS) is 11.7. The maximum absolute atomic E-state index is 15.6. The second-order valence-electron chi connectivity index (χ2n) is 9.75. The van der Waals surface area contributed by atoms with Crippen LogP contribution in [0, 0.1) is 0 Å². The molecule has 0 aliphatic heterocycles. The van der Waals surface area contributed by atoms with Crippen LogP contribution in [0.4, 0.5) is 0 Å². The van der Waals surface area contributed by atoms with Crippen molar-refractivity contribution in [3.8, 4) is 22.3 Å². The van der Waals surface area contributed by atoms with Gasteiger partial charge in [0.05, 0.1) is 11.0 Å². The Bertz CT molecular complexity index is 1820. The molecular formula is C36H26NOP. The highest BCUT2D eigenvalue weighted by Crippen LogP contribution is 2.51. The standard InChI is InChI=1S/C36H26NOP/c38-39(31-17-9-3-10-18-31,32-19-11-4-12-20-32)37-35-23-21-29(27-13-5-1-6-14-27)25-33(35)34-26-30(22-24-36(34)37)28-15-7-2-8-16-28/h1-26H. The molecule has 6 aromatic carbocycles. The molecule has 0 saturated heterocycles. The lowest BCUT2D eigenvalue weighted by atomic mass is 10.0. The van der Waals surface area contributed by atoms with Crippen molar-refractivity contribution in [3.63, 3.8) is 0 Å². The molecular weight excluding hydrogens is 493 g/mol. The topological polar surface area (TPSA) is 22.0 Å². The van der Waals surface area contributed by atoms with E-state index >= 15 is 4.57 Å². The quantitative estimate of drug-likeness (QED) is 0.208. The zero-order valence-corrected chi connectivity index (χ0v) is 22.2. The number of hydrogen-bond donors (Lipinski definition) is 0. The monoisotopic (exact) mass is 519 g/mol. The largest absolute Gasteiger partial charge is 0.290 e. The first-order valence-electron chi connectivity index (χ1n) is 13.1. The van der Waals surface area contributed by atoms with Crippen LogP contribution in [-0.4, -0.2) is 4.34 Å². The Morgan fingerprint density at radius 2 is 0.744 bits per heavy atom. The van der Waals surface area contributed by atoms with Gasteiger partial charge < -0.3 is 0 Å². The molecule has 39 heavy (non-hydrogen) atoms. The van der Waals surface area contributed by atoms with Crippen molar-refractivity contribution in [2.75, 3.05) is 0 Å². The van der Waals surface area contributed by atoms with Gasteiger partial charge in [-0.25, -0.2) is 0 Å². The minimum atomic E-state index is -3.28. The average Bonchev–Trinajstić information content (AvgIpc) is 3.36. The molecule has 0 unspecified atom stereocenters. The zero-order valence-electron chi connectivity index (χ0n) is 21.3. The Balaban J connectivity index is 1.60. The molecule has 1 aromatic heterocycles. The van der Waals surface area contributed by atoms with E-state index in [9.17, 15) is 0 Å². The Kier molecular flexibility index (Phi) is 5.77. The van der Waals surface area contributed by atoms with Crippen molar-refractivity contribution in [2.24, 2.45) is 0 Å². The van der Waals surface area contributed by atoms with Crippen LogP contribution in [0.15, 0.2) is 158 Å². The summed E-state index contributed by atoms with van der Waals surface area (Å²) in [7, 11) is -3.28. The Morgan fingerprint density at radius 1 is 0.385 bits per heavy atom. The van der Waals surface area contributed by atoms with Crippen molar-refractivity contribution in [3.05, 3.63) is 158 Å². The Morgan fingerprint density at radius 3 is 1.13 bits per heavy atom. The highest BCUT2D eigenvalue weighted by Gasteiger charge is 2.33. The summed E-state index contributed by atoms with van der Waals surface area (Å²) in [5.74, 6) is 0. The number of benzene rings is 6. The average molecular weight is 520 g/mol. The molecule has 7 rings (SSSR count). The van der Waals surface area contributed by atoms with Crippen LogP contribution in [0.1, 0.15) is 0 Å². The fourth-order valence-corrected chi connectivity index (χ4v) is 8.43. The van der Waals surface area contributed by atoms with Gasteiger partial charge in [-0.3, -0.25) is 8.90 Å². The van der Waals surface area contributed by atoms with Gasteiger partial charge in [0, 0.05) is 21.4 Å². The fourth-order valence-electron chi connectivity index (χ4n) is 5.57. The third kappa shape index (κ3) is 3.93. The molecule has 0 radical (unpaired) electrons. The number of nitrogens with zero attached hydrogens (tertiary/aromatic N) is 1. The second kappa shape index (κ2) is 9.58. The minimum Gasteiger partial charge on any atom is -0.290 e. The van der Waals surface area contributed by atoms with Gasteiger partial charge in [0.15, 0.2) is 0 Å². The smallest absolute Gasteiger partial charge is 0.234 e. The summed E-state index contributed by atoms with van der Waals surface area (Å²) < 4.78 is 17.7. The van der Waals surface area contributed by atoms with Crippen LogP contribution in [0.3, 0.4) is 0 Å². The molecule has 0 atom stereocenters. The number of hydrogen-bond acceptors (Lipinski definition) is 1. The maximum Gasteiger partial charge on any atom is 0.234 e. The summed E-state index contributed by atoms with van der Waals surface area (Å²) in [5.41, 5.74) is 6.53. The molecule has 186 valence electrons. The predicted molar refractivity (Wildman–Crippen MR) is 165 cm³/mol. The molecule has 1 heterocycles. The lowest BCUT2D eigenvalue weighted by molar-refractivity contribution is 0.583. The van der Waals surface area contributed by atoms with Crippen LogP contribution >= 0.6 is 7.29 Å². The summed E-state index contributed by atoms with van der Waals surface area (Å²) >= 11 is 0. The summed E-state index contributed by atoms with van der Waals surface area (Å²) in [5, 5.41) is 3.82. The van der Waals surface area contributed by atoms with E-state index in [1.807, 2.05) is 72.8 Å².